The highest BCUT2D eigenvalue weighted by atomic mass is 14.9. The minimum atomic E-state index is -0.0602. The van der Waals surface area contributed by atoms with Crippen molar-refractivity contribution < 1.29 is 0 Å². The van der Waals surface area contributed by atoms with Crippen molar-refractivity contribution in [3.05, 3.63) is 220 Å². The zero-order valence-corrected chi connectivity index (χ0v) is 37.0. The van der Waals surface area contributed by atoms with Crippen LogP contribution in [0.1, 0.15) is 54.1 Å². The van der Waals surface area contributed by atoms with E-state index in [0.29, 0.717) is 11.8 Å². The van der Waals surface area contributed by atoms with E-state index in [1.54, 1.807) is 0 Å². The van der Waals surface area contributed by atoms with Crippen LogP contribution < -0.4 is 10.4 Å². The zero-order valence-electron chi connectivity index (χ0n) is 37.0. The molecular weight excluding hydrogens is 799 g/mol. The fraction of sp³-hybridized carbons (Fsp3) is 0.111. The Balaban J connectivity index is 0.861. The highest BCUT2D eigenvalue weighted by molar-refractivity contribution is 6.23. The molecule has 3 nitrogen and oxygen atoms in total. The van der Waals surface area contributed by atoms with E-state index in [1.807, 2.05) is 0 Å². The van der Waals surface area contributed by atoms with Gasteiger partial charge < -0.3 is 4.40 Å². The molecule has 0 N–H and O–H groups in total. The number of fused-ring (bicyclic) bond motifs is 11. The summed E-state index contributed by atoms with van der Waals surface area (Å²) in [6.45, 7) is 4.90. The molecule has 3 aliphatic rings. The van der Waals surface area contributed by atoms with E-state index in [0.717, 1.165) is 41.2 Å². The van der Waals surface area contributed by atoms with E-state index in [4.69, 9.17) is 9.97 Å². The summed E-state index contributed by atoms with van der Waals surface area (Å²) in [4.78, 5) is 10.7. The van der Waals surface area contributed by atoms with Gasteiger partial charge in [-0.1, -0.05) is 172 Å². The fourth-order valence-corrected chi connectivity index (χ4v) is 11.9. The molecule has 66 heavy (non-hydrogen) atoms. The van der Waals surface area contributed by atoms with Gasteiger partial charge in [-0.3, -0.25) is 0 Å². The smallest absolute Gasteiger partial charge is 0.160 e. The van der Waals surface area contributed by atoms with Gasteiger partial charge in [0, 0.05) is 38.6 Å². The van der Waals surface area contributed by atoms with E-state index in [-0.39, 0.29) is 5.41 Å². The predicted molar refractivity (Wildman–Crippen MR) is 275 cm³/mol. The van der Waals surface area contributed by atoms with Gasteiger partial charge in [0.25, 0.3) is 0 Å². The van der Waals surface area contributed by atoms with Gasteiger partial charge in [-0.15, -0.1) is 0 Å². The van der Waals surface area contributed by atoms with Crippen molar-refractivity contribution in [3.63, 3.8) is 0 Å². The van der Waals surface area contributed by atoms with Crippen LogP contribution >= 0.6 is 0 Å². The summed E-state index contributed by atoms with van der Waals surface area (Å²) < 4.78 is 2.50. The first-order chi connectivity index (χ1) is 32.4. The lowest BCUT2D eigenvalue weighted by molar-refractivity contribution is 0.422. The summed E-state index contributed by atoms with van der Waals surface area (Å²) in [5.74, 6) is 1.40. The maximum atomic E-state index is 5.36. The quantitative estimate of drug-likeness (QED) is 0.173. The van der Waals surface area contributed by atoms with E-state index < -0.39 is 0 Å². The molecule has 0 saturated heterocycles. The Bertz CT molecular complexity index is 3980. The molecule has 2 unspecified atom stereocenters. The molecule has 8 aromatic carbocycles. The number of hydrogen-bond donors (Lipinski definition) is 0. The molecule has 14 rings (SSSR count). The van der Waals surface area contributed by atoms with Crippen molar-refractivity contribution in [2.24, 2.45) is 5.92 Å². The Morgan fingerprint density at radius 2 is 1.15 bits per heavy atom. The molecule has 0 bridgehead atoms. The van der Waals surface area contributed by atoms with Crippen LogP contribution in [0.5, 0.6) is 0 Å². The highest BCUT2D eigenvalue weighted by Gasteiger charge is 2.45. The molecule has 0 aliphatic heterocycles. The standard InChI is InChI=1S/C63H45N3/c1-63(2)55-34-43(27-28-49(55)53-32-48-36-60-54(33-47(48)35-56(53)63)52-23-12-22-51-50-21-8-9-24-59(50)66(60)61(51)52)42-18-11-20-46(31-42)62-64-57(44-19-10-17-41(29-44)38-13-4-3-5-14-38)37-58(65-62)45-26-25-39-15-6-7-16-40(39)30-45/h3-24,27-37,53,56H,25-26H2,1-2H3. The minimum Gasteiger partial charge on any atom is -0.308 e. The van der Waals surface area contributed by atoms with Crippen LogP contribution in [0.4, 0.5) is 0 Å². The van der Waals surface area contributed by atoms with Crippen molar-refractivity contribution in [1.29, 1.82) is 0 Å². The Morgan fingerprint density at radius 3 is 2.05 bits per heavy atom. The van der Waals surface area contributed by atoms with Gasteiger partial charge in [-0.05, 0) is 127 Å². The summed E-state index contributed by atoms with van der Waals surface area (Å²) in [5.41, 5.74) is 19.4. The van der Waals surface area contributed by atoms with Gasteiger partial charge in [-0.25, -0.2) is 9.97 Å². The summed E-state index contributed by atoms with van der Waals surface area (Å²) in [6.07, 6.45) is 9.42. The van der Waals surface area contributed by atoms with Crippen LogP contribution in [-0.4, -0.2) is 14.4 Å². The van der Waals surface area contributed by atoms with Crippen LogP contribution in [0, 0.1) is 5.92 Å². The number of aromatic nitrogens is 3. The van der Waals surface area contributed by atoms with Gasteiger partial charge >= 0.3 is 0 Å². The largest absolute Gasteiger partial charge is 0.308 e. The van der Waals surface area contributed by atoms with E-state index in [9.17, 15) is 0 Å². The summed E-state index contributed by atoms with van der Waals surface area (Å²) in [7, 11) is 0. The molecule has 0 spiro atoms. The van der Waals surface area contributed by atoms with Gasteiger partial charge in [0.1, 0.15) is 0 Å². The number of nitrogens with zero attached hydrogens (tertiary/aromatic N) is 3. The SMILES string of the molecule is CC1(C)c2cc(-c3cccc(-c4nc(C5=Cc6ccccc6CC5)cc(-c5cccc(-c6ccccc6)c5)n4)c3)ccc2C2C=c3cc4c(cc3=CC21)c1cccc2c3ccccc3n4c21. The molecular formula is C63H45N3. The molecule has 0 amide bonds. The molecule has 0 radical (unpaired) electrons. The topological polar surface area (TPSA) is 30.2 Å². The van der Waals surface area contributed by atoms with Crippen molar-refractivity contribution in [3.8, 4) is 44.9 Å². The molecule has 3 aliphatic carbocycles. The zero-order chi connectivity index (χ0) is 43.7. The third-order valence-corrected chi connectivity index (χ3v) is 15.3. The van der Waals surface area contributed by atoms with E-state index in [1.165, 1.54) is 98.6 Å². The number of allylic oxidation sites excluding steroid dienone is 1. The Labute approximate surface area is 383 Å². The fourth-order valence-electron chi connectivity index (χ4n) is 11.9. The van der Waals surface area contributed by atoms with E-state index in [2.05, 4.69) is 218 Å². The minimum absolute atomic E-state index is 0.0602. The maximum absolute atomic E-state index is 5.36. The molecule has 312 valence electrons. The average molecular weight is 844 g/mol. The van der Waals surface area contributed by atoms with Crippen LogP contribution in [-0.2, 0) is 11.8 Å². The van der Waals surface area contributed by atoms with Gasteiger partial charge in [-0.2, -0.15) is 0 Å². The number of aryl methyl sites for hydroxylation is 1. The average Bonchev–Trinajstić information content (AvgIpc) is 3.96. The van der Waals surface area contributed by atoms with Crippen molar-refractivity contribution in [2.45, 2.75) is 38.0 Å². The van der Waals surface area contributed by atoms with Crippen LogP contribution in [0.25, 0.3) is 107 Å². The van der Waals surface area contributed by atoms with Crippen LogP contribution in [0.3, 0.4) is 0 Å². The lowest BCUT2D eigenvalue weighted by Crippen LogP contribution is -2.35. The number of rotatable bonds is 5. The van der Waals surface area contributed by atoms with E-state index >= 15 is 0 Å². The second-order valence-electron chi connectivity index (χ2n) is 19.3. The van der Waals surface area contributed by atoms with Crippen molar-refractivity contribution in [1.82, 2.24) is 14.4 Å². The van der Waals surface area contributed by atoms with Crippen LogP contribution in [0.15, 0.2) is 182 Å². The second-order valence-corrected chi connectivity index (χ2v) is 19.3. The molecule has 0 saturated carbocycles. The Kier molecular flexibility index (Phi) is 7.99. The first-order valence-electron chi connectivity index (χ1n) is 23.4. The first kappa shape index (κ1) is 37.5. The monoisotopic (exact) mass is 843 g/mol. The van der Waals surface area contributed by atoms with Crippen molar-refractivity contribution in [2.75, 3.05) is 0 Å². The molecule has 2 atom stereocenters. The Hall–Kier alpha value is -7.88. The van der Waals surface area contributed by atoms with Gasteiger partial charge in [0.15, 0.2) is 5.82 Å². The summed E-state index contributed by atoms with van der Waals surface area (Å²) >= 11 is 0. The lowest BCUT2D eigenvalue weighted by atomic mass is 9.73. The predicted octanol–water partition coefficient (Wildman–Crippen LogP) is 14.0. The molecule has 11 aromatic rings. The number of hydrogen-bond acceptors (Lipinski definition) is 2. The summed E-state index contributed by atoms with van der Waals surface area (Å²) in [5, 5.41) is 7.99. The van der Waals surface area contributed by atoms with Gasteiger partial charge in [0.2, 0.25) is 0 Å². The molecule has 0 fully saturated rings. The number of para-hydroxylation sites is 2. The number of benzene rings is 8. The third-order valence-electron chi connectivity index (χ3n) is 15.3. The van der Waals surface area contributed by atoms with Gasteiger partial charge in [0.05, 0.1) is 27.9 Å². The normalized spacial score (nSPS) is 17.0. The van der Waals surface area contributed by atoms with Crippen LogP contribution in [0.2, 0.25) is 0 Å². The first-order valence-corrected chi connectivity index (χ1v) is 23.4. The molecule has 3 aromatic heterocycles. The third kappa shape index (κ3) is 5.62. The van der Waals surface area contributed by atoms with Crippen molar-refractivity contribution >= 4 is 61.9 Å². The summed E-state index contributed by atoms with van der Waals surface area (Å²) in [6, 6.07) is 66.9. The molecule has 3 heterocycles. The second kappa shape index (κ2) is 14.1. The maximum Gasteiger partial charge on any atom is 0.160 e. The highest BCUT2D eigenvalue weighted by Crippen LogP contribution is 2.53. The Morgan fingerprint density at radius 1 is 0.485 bits per heavy atom. The lowest BCUT2D eigenvalue weighted by Gasteiger charge is -2.30. The molecule has 3 heteroatoms.